The highest BCUT2D eigenvalue weighted by Gasteiger charge is 2.15. The van der Waals surface area contributed by atoms with Crippen LogP contribution >= 0.6 is 0 Å². The first-order chi connectivity index (χ1) is 9.99. The second-order valence-corrected chi connectivity index (χ2v) is 6.75. The van der Waals surface area contributed by atoms with Crippen molar-refractivity contribution >= 4 is 15.7 Å². The topological polar surface area (TPSA) is 72.2 Å². The van der Waals surface area contributed by atoms with E-state index in [2.05, 4.69) is 4.72 Å². The number of rotatable bonds is 6. The molecule has 0 fully saturated rings. The van der Waals surface area contributed by atoms with Crippen LogP contribution in [0.3, 0.4) is 0 Å². The normalized spacial score (nSPS) is 11.5. The highest BCUT2D eigenvalue weighted by molar-refractivity contribution is 7.89. The maximum Gasteiger partial charge on any atom is 0.240 e. The van der Waals surface area contributed by atoms with Crippen molar-refractivity contribution in [1.29, 1.82) is 0 Å². The monoisotopic (exact) mass is 304 g/mol. The Bertz CT molecular complexity index is 697. The van der Waals surface area contributed by atoms with Crippen LogP contribution in [-0.2, 0) is 16.4 Å². The van der Waals surface area contributed by atoms with Crippen LogP contribution in [-0.4, -0.2) is 15.0 Å². The molecular formula is C16H20N2O2S. The summed E-state index contributed by atoms with van der Waals surface area (Å²) in [5, 5.41) is 0. The van der Waals surface area contributed by atoms with Crippen LogP contribution in [0.4, 0.5) is 5.69 Å². The van der Waals surface area contributed by atoms with E-state index < -0.39 is 10.0 Å². The van der Waals surface area contributed by atoms with Crippen LogP contribution in [0.1, 0.15) is 17.5 Å². The number of benzene rings is 2. The molecule has 0 bridgehead atoms. The minimum absolute atomic E-state index is 0.288. The van der Waals surface area contributed by atoms with Gasteiger partial charge in [-0.15, -0.1) is 0 Å². The molecule has 0 heterocycles. The molecule has 0 saturated carbocycles. The lowest BCUT2D eigenvalue weighted by Gasteiger charge is -2.10. The SMILES string of the molecule is Cc1cc(N)ccc1S(=O)(=O)NCCCc1ccccc1. The van der Waals surface area contributed by atoms with Crippen LogP contribution < -0.4 is 10.5 Å². The van der Waals surface area contributed by atoms with Gasteiger partial charge in [0.2, 0.25) is 10.0 Å². The van der Waals surface area contributed by atoms with Crippen molar-refractivity contribution in [3.05, 3.63) is 59.7 Å². The van der Waals surface area contributed by atoms with Gasteiger partial charge in [0.15, 0.2) is 0 Å². The Morgan fingerprint density at radius 2 is 1.81 bits per heavy atom. The fourth-order valence-electron chi connectivity index (χ4n) is 2.20. The summed E-state index contributed by atoms with van der Waals surface area (Å²) in [6, 6.07) is 14.8. The highest BCUT2D eigenvalue weighted by atomic mass is 32.2. The molecule has 0 atom stereocenters. The molecule has 0 radical (unpaired) electrons. The van der Waals surface area contributed by atoms with E-state index in [0.717, 1.165) is 12.8 Å². The van der Waals surface area contributed by atoms with Gasteiger partial charge in [0.1, 0.15) is 0 Å². The van der Waals surface area contributed by atoms with E-state index in [-0.39, 0.29) is 4.90 Å². The van der Waals surface area contributed by atoms with Crippen molar-refractivity contribution in [2.75, 3.05) is 12.3 Å². The zero-order valence-electron chi connectivity index (χ0n) is 12.0. The summed E-state index contributed by atoms with van der Waals surface area (Å²) in [6.45, 7) is 2.16. The average Bonchev–Trinajstić information content (AvgIpc) is 2.44. The third-order valence-electron chi connectivity index (χ3n) is 3.27. The molecule has 0 aliphatic carbocycles. The number of sulfonamides is 1. The lowest BCUT2D eigenvalue weighted by Crippen LogP contribution is -2.25. The molecule has 2 aromatic carbocycles. The predicted molar refractivity (Wildman–Crippen MR) is 85.5 cm³/mol. The fourth-order valence-corrected chi connectivity index (χ4v) is 3.49. The van der Waals surface area contributed by atoms with E-state index in [1.54, 1.807) is 25.1 Å². The Balaban J connectivity index is 1.92. The van der Waals surface area contributed by atoms with Crippen molar-refractivity contribution in [2.24, 2.45) is 0 Å². The van der Waals surface area contributed by atoms with Gasteiger partial charge in [-0.25, -0.2) is 13.1 Å². The average molecular weight is 304 g/mol. The number of nitrogen functional groups attached to an aromatic ring is 1. The molecule has 0 spiro atoms. The van der Waals surface area contributed by atoms with Crippen LogP contribution in [0.15, 0.2) is 53.4 Å². The van der Waals surface area contributed by atoms with Crippen molar-refractivity contribution in [3.63, 3.8) is 0 Å². The molecule has 0 amide bonds. The van der Waals surface area contributed by atoms with Gasteiger partial charge in [-0.3, -0.25) is 0 Å². The summed E-state index contributed by atoms with van der Waals surface area (Å²) in [6.07, 6.45) is 1.61. The van der Waals surface area contributed by atoms with Crippen molar-refractivity contribution in [3.8, 4) is 0 Å². The van der Waals surface area contributed by atoms with Gasteiger partial charge in [0.05, 0.1) is 4.90 Å². The molecule has 0 aromatic heterocycles. The molecule has 3 N–H and O–H groups in total. The summed E-state index contributed by atoms with van der Waals surface area (Å²) < 4.78 is 27.1. The summed E-state index contributed by atoms with van der Waals surface area (Å²) in [4.78, 5) is 0.288. The molecule has 0 unspecified atom stereocenters. The van der Waals surface area contributed by atoms with Crippen LogP contribution in [0.2, 0.25) is 0 Å². The fraction of sp³-hybridized carbons (Fsp3) is 0.250. The van der Waals surface area contributed by atoms with Crippen LogP contribution in [0.5, 0.6) is 0 Å². The minimum Gasteiger partial charge on any atom is -0.399 e. The van der Waals surface area contributed by atoms with Gasteiger partial charge < -0.3 is 5.73 Å². The molecule has 21 heavy (non-hydrogen) atoms. The lowest BCUT2D eigenvalue weighted by atomic mass is 10.1. The second kappa shape index (κ2) is 6.74. The van der Waals surface area contributed by atoms with Crippen molar-refractivity contribution < 1.29 is 8.42 Å². The third kappa shape index (κ3) is 4.31. The van der Waals surface area contributed by atoms with Crippen LogP contribution in [0, 0.1) is 6.92 Å². The van der Waals surface area contributed by atoms with E-state index in [1.165, 1.54) is 5.56 Å². The number of aryl methyl sites for hydroxylation is 2. The molecule has 0 aliphatic rings. The smallest absolute Gasteiger partial charge is 0.240 e. The maximum absolute atomic E-state index is 12.2. The van der Waals surface area contributed by atoms with Gasteiger partial charge in [0.25, 0.3) is 0 Å². The molecule has 0 aliphatic heterocycles. The summed E-state index contributed by atoms with van der Waals surface area (Å²) in [7, 11) is -3.47. The maximum atomic E-state index is 12.2. The number of hydrogen-bond acceptors (Lipinski definition) is 3. The first-order valence-electron chi connectivity index (χ1n) is 6.89. The lowest BCUT2D eigenvalue weighted by molar-refractivity contribution is 0.578. The van der Waals surface area contributed by atoms with Gasteiger partial charge in [-0.2, -0.15) is 0 Å². The molecule has 2 rings (SSSR count). The first-order valence-corrected chi connectivity index (χ1v) is 8.37. The van der Waals surface area contributed by atoms with E-state index >= 15 is 0 Å². The summed E-state index contributed by atoms with van der Waals surface area (Å²) in [5.41, 5.74) is 8.07. The van der Waals surface area contributed by atoms with Gasteiger partial charge in [-0.1, -0.05) is 30.3 Å². The quantitative estimate of drug-likeness (QED) is 0.636. The Hall–Kier alpha value is -1.85. The van der Waals surface area contributed by atoms with Gasteiger partial charge in [0, 0.05) is 12.2 Å². The third-order valence-corrected chi connectivity index (χ3v) is 4.89. The molecule has 0 saturated heterocycles. The Labute approximate surface area is 126 Å². The number of nitrogens with two attached hydrogens (primary N) is 1. The molecule has 2 aromatic rings. The summed E-state index contributed by atoms with van der Waals surface area (Å²) in [5.74, 6) is 0. The number of anilines is 1. The Morgan fingerprint density at radius 1 is 1.10 bits per heavy atom. The zero-order chi connectivity index (χ0) is 15.3. The van der Waals surface area contributed by atoms with Gasteiger partial charge >= 0.3 is 0 Å². The standard InChI is InChI=1S/C16H20N2O2S/c1-13-12-15(17)9-10-16(13)21(19,20)18-11-5-8-14-6-3-2-4-7-14/h2-4,6-7,9-10,12,18H,5,8,11,17H2,1H3. The Morgan fingerprint density at radius 3 is 2.48 bits per heavy atom. The largest absolute Gasteiger partial charge is 0.399 e. The molecular weight excluding hydrogens is 284 g/mol. The molecule has 5 heteroatoms. The number of nitrogens with one attached hydrogen (secondary N) is 1. The number of hydrogen-bond donors (Lipinski definition) is 2. The van der Waals surface area contributed by atoms with Crippen LogP contribution in [0.25, 0.3) is 0 Å². The second-order valence-electron chi connectivity index (χ2n) is 5.01. The zero-order valence-corrected chi connectivity index (χ0v) is 12.9. The van der Waals surface area contributed by atoms with Crippen molar-refractivity contribution in [2.45, 2.75) is 24.7 Å². The molecule has 4 nitrogen and oxygen atoms in total. The van der Waals surface area contributed by atoms with E-state index in [9.17, 15) is 8.42 Å². The molecule has 112 valence electrons. The Kier molecular flexibility index (Phi) is 4.98. The van der Waals surface area contributed by atoms with E-state index in [4.69, 9.17) is 5.73 Å². The minimum atomic E-state index is -3.47. The van der Waals surface area contributed by atoms with E-state index in [1.807, 2.05) is 30.3 Å². The predicted octanol–water partition coefficient (Wildman–Crippen LogP) is 2.49. The van der Waals surface area contributed by atoms with Gasteiger partial charge in [-0.05, 0) is 49.1 Å². The first kappa shape index (κ1) is 15.5. The van der Waals surface area contributed by atoms with Crippen molar-refractivity contribution in [1.82, 2.24) is 4.72 Å². The van der Waals surface area contributed by atoms with E-state index in [0.29, 0.717) is 17.8 Å². The summed E-state index contributed by atoms with van der Waals surface area (Å²) >= 11 is 0. The highest BCUT2D eigenvalue weighted by Crippen LogP contribution is 2.17.